The van der Waals surface area contributed by atoms with Crippen molar-refractivity contribution in [3.63, 3.8) is 0 Å². The standard InChI is InChI=1S/C11H7ClN2O4/c12-6-1-2-8-5(3-6)4-7-9(15)13-10(16)14-11(7,17)18-8/h1-4,17H,(H2,13,14,15,16). The molecule has 0 spiro atoms. The lowest BCUT2D eigenvalue weighted by atomic mass is 10.0. The fourth-order valence-corrected chi connectivity index (χ4v) is 2.04. The quantitative estimate of drug-likeness (QED) is 0.642. The van der Waals surface area contributed by atoms with Crippen LogP contribution in [0.15, 0.2) is 23.8 Å². The third kappa shape index (κ3) is 1.54. The van der Waals surface area contributed by atoms with Crippen LogP contribution >= 0.6 is 11.6 Å². The van der Waals surface area contributed by atoms with Gasteiger partial charge in [-0.1, -0.05) is 11.6 Å². The highest BCUT2D eigenvalue weighted by molar-refractivity contribution is 6.30. The third-order valence-electron chi connectivity index (χ3n) is 2.65. The Kier molecular flexibility index (Phi) is 2.13. The van der Waals surface area contributed by atoms with Crippen molar-refractivity contribution in [2.45, 2.75) is 5.91 Å². The van der Waals surface area contributed by atoms with E-state index in [4.69, 9.17) is 16.3 Å². The molecule has 1 saturated heterocycles. The van der Waals surface area contributed by atoms with Crippen molar-refractivity contribution in [3.05, 3.63) is 34.4 Å². The molecule has 2 aliphatic heterocycles. The van der Waals surface area contributed by atoms with Crippen LogP contribution in [0.2, 0.25) is 5.02 Å². The van der Waals surface area contributed by atoms with Gasteiger partial charge in [-0.05, 0) is 24.3 Å². The van der Waals surface area contributed by atoms with Gasteiger partial charge in [0.15, 0.2) is 0 Å². The van der Waals surface area contributed by atoms with Crippen LogP contribution in [0.3, 0.4) is 0 Å². The SMILES string of the molecule is O=C1NC(=O)C2=Cc3cc(Cl)ccc3OC2(O)N1. The molecule has 1 atom stereocenters. The smallest absolute Gasteiger partial charge is 0.327 e. The lowest BCUT2D eigenvalue weighted by molar-refractivity contribution is -0.145. The maximum absolute atomic E-state index is 11.6. The Morgan fingerprint density at radius 3 is 2.89 bits per heavy atom. The zero-order valence-electron chi connectivity index (χ0n) is 8.86. The first-order valence-corrected chi connectivity index (χ1v) is 5.42. The van der Waals surface area contributed by atoms with Crippen molar-refractivity contribution in [2.24, 2.45) is 0 Å². The third-order valence-corrected chi connectivity index (χ3v) is 2.88. The first kappa shape index (κ1) is 11.1. The second kappa shape index (κ2) is 3.47. The summed E-state index contributed by atoms with van der Waals surface area (Å²) in [7, 11) is 0. The second-order valence-electron chi connectivity index (χ2n) is 3.89. The summed E-state index contributed by atoms with van der Waals surface area (Å²) in [5.41, 5.74) is 0.449. The minimum Gasteiger partial charge on any atom is -0.440 e. The van der Waals surface area contributed by atoms with Gasteiger partial charge in [0.2, 0.25) is 0 Å². The lowest BCUT2D eigenvalue weighted by Gasteiger charge is -2.37. The number of carbonyl (C=O) groups excluding carboxylic acids is 2. The van der Waals surface area contributed by atoms with Crippen molar-refractivity contribution in [2.75, 3.05) is 0 Å². The molecule has 0 radical (unpaired) electrons. The van der Waals surface area contributed by atoms with Gasteiger partial charge in [0.05, 0.1) is 0 Å². The molecule has 3 amide bonds. The van der Waals surface area contributed by atoms with Crippen LogP contribution in [-0.4, -0.2) is 23.0 Å². The number of aliphatic hydroxyl groups is 1. The summed E-state index contributed by atoms with van der Waals surface area (Å²) in [6.45, 7) is 0. The van der Waals surface area contributed by atoms with E-state index in [1.165, 1.54) is 6.08 Å². The minimum atomic E-state index is -2.14. The van der Waals surface area contributed by atoms with Crippen LogP contribution in [0.5, 0.6) is 5.75 Å². The number of imide groups is 1. The van der Waals surface area contributed by atoms with E-state index in [0.717, 1.165) is 0 Å². The van der Waals surface area contributed by atoms with E-state index in [0.29, 0.717) is 16.3 Å². The number of rotatable bonds is 0. The Balaban J connectivity index is 2.15. The molecule has 2 aliphatic rings. The molecule has 0 aromatic heterocycles. The maximum atomic E-state index is 11.6. The summed E-state index contributed by atoms with van der Waals surface area (Å²) in [4.78, 5) is 22.8. The molecular weight excluding hydrogens is 260 g/mol. The predicted molar refractivity (Wildman–Crippen MR) is 61.7 cm³/mol. The van der Waals surface area contributed by atoms with E-state index < -0.39 is 17.8 Å². The summed E-state index contributed by atoms with van der Waals surface area (Å²) >= 11 is 5.83. The van der Waals surface area contributed by atoms with Crippen LogP contribution < -0.4 is 15.4 Å². The van der Waals surface area contributed by atoms with Crippen molar-refractivity contribution < 1.29 is 19.4 Å². The normalized spacial score (nSPS) is 25.1. The summed E-state index contributed by atoms with van der Waals surface area (Å²) < 4.78 is 5.26. The van der Waals surface area contributed by atoms with Crippen LogP contribution in [0, 0.1) is 0 Å². The van der Waals surface area contributed by atoms with Gasteiger partial charge in [0, 0.05) is 10.6 Å². The van der Waals surface area contributed by atoms with Crippen molar-refractivity contribution in [1.29, 1.82) is 0 Å². The Bertz CT molecular complexity index is 613. The largest absolute Gasteiger partial charge is 0.440 e. The number of amides is 3. The van der Waals surface area contributed by atoms with E-state index in [2.05, 4.69) is 5.32 Å². The van der Waals surface area contributed by atoms with Gasteiger partial charge in [-0.25, -0.2) is 4.79 Å². The molecule has 1 fully saturated rings. The average molecular weight is 267 g/mol. The number of nitrogens with one attached hydrogen (secondary N) is 2. The highest BCUT2D eigenvalue weighted by Gasteiger charge is 2.47. The number of ether oxygens (including phenoxy) is 1. The number of hydrogen-bond acceptors (Lipinski definition) is 4. The van der Waals surface area contributed by atoms with Gasteiger partial charge in [0.1, 0.15) is 11.3 Å². The molecule has 1 unspecified atom stereocenters. The first-order chi connectivity index (χ1) is 8.48. The summed E-state index contributed by atoms with van der Waals surface area (Å²) in [6, 6.07) is 3.89. The molecule has 1 aromatic carbocycles. The van der Waals surface area contributed by atoms with Crippen molar-refractivity contribution in [3.8, 4) is 5.75 Å². The van der Waals surface area contributed by atoms with Gasteiger partial charge in [-0.2, -0.15) is 0 Å². The molecule has 92 valence electrons. The summed E-state index contributed by atoms with van der Waals surface area (Å²) in [5, 5.41) is 14.8. The van der Waals surface area contributed by atoms with E-state index >= 15 is 0 Å². The summed E-state index contributed by atoms with van der Waals surface area (Å²) in [5.74, 6) is -2.53. The molecule has 0 aliphatic carbocycles. The number of benzene rings is 1. The first-order valence-electron chi connectivity index (χ1n) is 5.04. The number of hydrogen-bond donors (Lipinski definition) is 3. The van der Waals surface area contributed by atoms with E-state index in [1.807, 2.05) is 5.32 Å². The zero-order chi connectivity index (χ0) is 12.9. The van der Waals surface area contributed by atoms with Gasteiger partial charge >= 0.3 is 11.9 Å². The van der Waals surface area contributed by atoms with E-state index in [9.17, 15) is 14.7 Å². The van der Waals surface area contributed by atoms with Crippen LogP contribution in [0.25, 0.3) is 6.08 Å². The monoisotopic (exact) mass is 266 g/mol. The van der Waals surface area contributed by atoms with Gasteiger partial charge in [-0.3, -0.25) is 15.4 Å². The Hall–Kier alpha value is -2.05. The number of fused-ring (bicyclic) bond motifs is 2. The molecule has 0 bridgehead atoms. The molecule has 3 N–H and O–H groups in total. The molecule has 7 heteroatoms. The Morgan fingerprint density at radius 1 is 1.33 bits per heavy atom. The molecule has 3 rings (SSSR count). The van der Waals surface area contributed by atoms with E-state index in [-0.39, 0.29) is 5.57 Å². The summed E-state index contributed by atoms with van der Waals surface area (Å²) in [6.07, 6.45) is 1.42. The molecule has 2 heterocycles. The Morgan fingerprint density at radius 2 is 2.11 bits per heavy atom. The molecular formula is C11H7ClN2O4. The molecule has 18 heavy (non-hydrogen) atoms. The Labute approximate surface area is 106 Å². The molecule has 0 saturated carbocycles. The highest BCUT2D eigenvalue weighted by Crippen LogP contribution is 2.35. The molecule has 6 nitrogen and oxygen atoms in total. The van der Waals surface area contributed by atoms with Gasteiger partial charge in [0.25, 0.3) is 5.91 Å². The second-order valence-corrected chi connectivity index (χ2v) is 4.33. The lowest BCUT2D eigenvalue weighted by Crippen LogP contribution is -2.65. The van der Waals surface area contributed by atoms with Crippen LogP contribution in [-0.2, 0) is 4.79 Å². The number of halogens is 1. The fourth-order valence-electron chi connectivity index (χ4n) is 1.86. The average Bonchev–Trinajstić information content (AvgIpc) is 2.26. The van der Waals surface area contributed by atoms with Gasteiger partial charge in [-0.15, -0.1) is 0 Å². The number of carbonyl (C=O) groups is 2. The molecule has 1 aromatic rings. The zero-order valence-corrected chi connectivity index (χ0v) is 9.62. The van der Waals surface area contributed by atoms with Crippen LogP contribution in [0.1, 0.15) is 5.56 Å². The van der Waals surface area contributed by atoms with Crippen molar-refractivity contribution >= 4 is 29.6 Å². The number of urea groups is 1. The fraction of sp³-hybridized carbons (Fsp3) is 0.0909. The van der Waals surface area contributed by atoms with Crippen LogP contribution in [0.4, 0.5) is 4.79 Å². The highest BCUT2D eigenvalue weighted by atomic mass is 35.5. The van der Waals surface area contributed by atoms with Crippen molar-refractivity contribution in [1.82, 2.24) is 10.6 Å². The maximum Gasteiger partial charge on any atom is 0.327 e. The topological polar surface area (TPSA) is 87.7 Å². The predicted octanol–water partition coefficient (Wildman–Crippen LogP) is 0.601. The minimum absolute atomic E-state index is 0.100. The van der Waals surface area contributed by atoms with E-state index in [1.54, 1.807) is 18.2 Å². The van der Waals surface area contributed by atoms with Gasteiger partial charge < -0.3 is 9.84 Å².